The Labute approximate surface area is 148 Å². The van der Waals surface area contributed by atoms with Crippen LogP contribution in [-0.4, -0.2) is 45.6 Å². The fraction of sp³-hybridized carbons (Fsp3) is 0.278. The first kappa shape index (κ1) is 18.8. The molecule has 2 rings (SSSR count). The summed E-state index contributed by atoms with van der Waals surface area (Å²) in [6, 6.07) is 15.0. The molecule has 0 N–H and O–H groups in total. The van der Waals surface area contributed by atoms with Gasteiger partial charge in [0.15, 0.2) is 0 Å². The molecule has 0 fully saturated rings. The van der Waals surface area contributed by atoms with Crippen LogP contribution >= 0.6 is 0 Å². The smallest absolute Gasteiger partial charge is 0.245 e. The minimum Gasteiger partial charge on any atom is -0.457 e. The van der Waals surface area contributed by atoms with Gasteiger partial charge in [0.2, 0.25) is 15.9 Å². The monoisotopic (exact) mass is 362 g/mol. The van der Waals surface area contributed by atoms with Crippen LogP contribution in [0.2, 0.25) is 0 Å². The summed E-state index contributed by atoms with van der Waals surface area (Å²) in [6.07, 6.45) is 1.08. The third-order valence-electron chi connectivity index (χ3n) is 3.58. The van der Waals surface area contributed by atoms with E-state index in [4.69, 9.17) is 4.74 Å². The number of carbonyl (C=O) groups excluding carboxylic acids is 1. The zero-order valence-corrected chi connectivity index (χ0v) is 15.5. The molecule has 0 aromatic heterocycles. The van der Waals surface area contributed by atoms with Crippen LogP contribution in [0.1, 0.15) is 6.92 Å². The van der Waals surface area contributed by atoms with Crippen LogP contribution in [0.5, 0.6) is 11.5 Å². The number of ether oxygens (including phenoxy) is 1. The fourth-order valence-electron chi connectivity index (χ4n) is 2.46. The predicted octanol–water partition coefficient (Wildman–Crippen LogP) is 2.72. The molecular weight excluding hydrogens is 340 g/mol. The Morgan fingerprint density at radius 1 is 0.960 bits per heavy atom. The van der Waals surface area contributed by atoms with Crippen LogP contribution in [0.4, 0.5) is 5.69 Å². The number of anilines is 1. The molecule has 0 aliphatic carbocycles. The molecule has 1 atom stereocenters. The number of likely N-dealkylation sites (N-methyl/N-ethyl adjacent to an activating group) is 1. The van der Waals surface area contributed by atoms with Crippen molar-refractivity contribution >= 4 is 21.6 Å². The molecule has 7 heteroatoms. The van der Waals surface area contributed by atoms with Gasteiger partial charge in [-0.2, -0.15) is 0 Å². The van der Waals surface area contributed by atoms with E-state index in [2.05, 4.69) is 0 Å². The maximum absolute atomic E-state index is 12.2. The predicted molar refractivity (Wildman–Crippen MR) is 98.4 cm³/mol. The molecule has 2 aromatic carbocycles. The molecule has 0 unspecified atom stereocenters. The molecule has 6 nitrogen and oxygen atoms in total. The standard InChI is InChI=1S/C18H22N2O4S/c1-14(18(21)19(2)3)20(25(4,22)23)15-10-12-17(13-11-15)24-16-8-6-5-7-9-16/h5-14H,1-4H3/t14-/m0/s1. The Morgan fingerprint density at radius 3 is 1.96 bits per heavy atom. The Bertz CT molecular complexity index is 818. The average molecular weight is 362 g/mol. The summed E-state index contributed by atoms with van der Waals surface area (Å²) in [5.41, 5.74) is 0.408. The van der Waals surface area contributed by atoms with Gasteiger partial charge in [-0.3, -0.25) is 9.10 Å². The van der Waals surface area contributed by atoms with Gasteiger partial charge < -0.3 is 9.64 Å². The fourth-order valence-corrected chi connectivity index (χ4v) is 3.63. The van der Waals surface area contributed by atoms with Gasteiger partial charge in [0.05, 0.1) is 11.9 Å². The van der Waals surface area contributed by atoms with Crippen molar-refractivity contribution in [1.29, 1.82) is 0 Å². The van der Waals surface area contributed by atoms with Crippen molar-refractivity contribution in [2.75, 3.05) is 24.7 Å². The minimum absolute atomic E-state index is 0.296. The summed E-state index contributed by atoms with van der Waals surface area (Å²) in [5, 5.41) is 0. The van der Waals surface area contributed by atoms with E-state index in [0.717, 1.165) is 10.6 Å². The summed E-state index contributed by atoms with van der Waals surface area (Å²) < 4.78 is 31.2. The van der Waals surface area contributed by atoms with Gasteiger partial charge in [-0.1, -0.05) is 18.2 Å². The number of benzene rings is 2. The zero-order chi connectivity index (χ0) is 18.6. The van der Waals surface area contributed by atoms with E-state index in [1.807, 2.05) is 30.3 Å². The number of nitrogens with zero attached hydrogens (tertiary/aromatic N) is 2. The molecule has 0 saturated carbocycles. The lowest BCUT2D eigenvalue weighted by Gasteiger charge is -2.30. The zero-order valence-electron chi connectivity index (χ0n) is 14.7. The number of para-hydroxylation sites is 1. The van der Waals surface area contributed by atoms with Crippen molar-refractivity contribution in [2.45, 2.75) is 13.0 Å². The molecule has 0 heterocycles. The maximum atomic E-state index is 12.2. The highest BCUT2D eigenvalue weighted by molar-refractivity contribution is 7.92. The number of sulfonamides is 1. The highest BCUT2D eigenvalue weighted by Gasteiger charge is 2.29. The summed E-state index contributed by atoms with van der Waals surface area (Å²) in [4.78, 5) is 13.6. The van der Waals surface area contributed by atoms with Crippen LogP contribution in [0.3, 0.4) is 0 Å². The Morgan fingerprint density at radius 2 is 1.48 bits per heavy atom. The van der Waals surface area contributed by atoms with Crippen LogP contribution in [0.15, 0.2) is 54.6 Å². The minimum atomic E-state index is -3.62. The number of amides is 1. The Balaban J connectivity index is 2.28. The molecule has 0 aliphatic rings. The van der Waals surface area contributed by atoms with E-state index in [-0.39, 0.29) is 5.91 Å². The first-order valence-electron chi connectivity index (χ1n) is 7.73. The third-order valence-corrected chi connectivity index (χ3v) is 4.82. The Hall–Kier alpha value is -2.54. The molecule has 1 amide bonds. The molecule has 0 aliphatic heterocycles. The summed E-state index contributed by atoms with van der Waals surface area (Å²) in [5.74, 6) is 0.969. The molecule has 0 saturated heterocycles. The van der Waals surface area contributed by atoms with Gasteiger partial charge in [0.25, 0.3) is 0 Å². The van der Waals surface area contributed by atoms with Crippen molar-refractivity contribution in [1.82, 2.24) is 4.90 Å². The van der Waals surface area contributed by atoms with Gasteiger partial charge in [0.1, 0.15) is 17.5 Å². The van der Waals surface area contributed by atoms with E-state index in [0.29, 0.717) is 17.2 Å². The van der Waals surface area contributed by atoms with Crippen LogP contribution < -0.4 is 9.04 Å². The van der Waals surface area contributed by atoms with Crippen LogP contribution in [-0.2, 0) is 14.8 Å². The first-order chi connectivity index (χ1) is 11.7. The van der Waals surface area contributed by atoms with Gasteiger partial charge in [-0.25, -0.2) is 8.42 Å². The Kier molecular flexibility index (Phi) is 5.69. The van der Waals surface area contributed by atoms with E-state index in [9.17, 15) is 13.2 Å². The lowest BCUT2D eigenvalue weighted by molar-refractivity contribution is -0.129. The number of carbonyl (C=O) groups is 1. The molecule has 0 spiro atoms. The van der Waals surface area contributed by atoms with E-state index in [1.54, 1.807) is 45.3 Å². The quantitative estimate of drug-likeness (QED) is 0.792. The van der Waals surface area contributed by atoms with Gasteiger partial charge in [0, 0.05) is 14.1 Å². The van der Waals surface area contributed by atoms with Crippen molar-refractivity contribution in [3.05, 3.63) is 54.6 Å². The van der Waals surface area contributed by atoms with Crippen LogP contribution in [0.25, 0.3) is 0 Å². The molecule has 25 heavy (non-hydrogen) atoms. The van der Waals surface area contributed by atoms with Crippen molar-refractivity contribution < 1.29 is 17.9 Å². The molecule has 134 valence electrons. The van der Waals surface area contributed by atoms with Crippen molar-refractivity contribution in [2.24, 2.45) is 0 Å². The normalized spacial score (nSPS) is 12.3. The molecule has 0 radical (unpaired) electrons. The highest BCUT2D eigenvalue weighted by atomic mass is 32.2. The van der Waals surface area contributed by atoms with Crippen LogP contribution in [0, 0.1) is 0 Å². The second-order valence-corrected chi connectivity index (χ2v) is 7.74. The number of hydrogen-bond acceptors (Lipinski definition) is 4. The number of rotatable bonds is 6. The summed E-state index contributed by atoms with van der Waals surface area (Å²) in [7, 11) is -0.436. The molecular formula is C18H22N2O4S. The number of hydrogen-bond donors (Lipinski definition) is 0. The highest BCUT2D eigenvalue weighted by Crippen LogP contribution is 2.27. The SMILES string of the molecule is C[C@@H](C(=O)N(C)C)N(c1ccc(Oc2ccccc2)cc1)S(C)(=O)=O. The van der Waals surface area contributed by atoms with E-state index >= 15 is 0 Å². The lowest BCUT2D eigenvalue weighted by Crippen LogP contribution is -2.47. The summed E-state index contributed by atoms with van der Waals surface area (Å²) in [6.45, 7) is 1.57. The topological polar surface area (TPSA) is 66.9 Å². The van der Waals surface area contributed by atoms with Gasteiger partial charge >= 0.3 is 0 Å². The molecule has 2 aromatic rings. The van der Waals surface area contributed by atoms with E-state index < -0.39 is 16.1 Å². The lowest BCUT2D eigenvalue weighted by atomic mass is 10.2. The van der Waals surface area contributed by atoms with Gasteiger partial charge in [-0.05, 0) is 43.3 Å². The second-order valence-electron chi connectivity index (χ2n) is 5.88. The average Bonchev–Trinajstić information content (AvgIpc) is 2.55. The second kappa shape index (κ2) is 7.57. The third kappa shape index (κ3) is 4.73. The molecule has 0 bridgehead atoms. The van der Waals surface area contributed by atoms with Crippen molar-refractivity contribution in [3.8, 4) is 11.5 Å². The largest absolute Gasteiger partial charge is 0.457 e. The maximum Gasteiger partial charge on any atom is 0.245 e. The first-order valence-corrected chi connectivity index (χ1v) is 9.58. The summed E-state index contributed by atoms with van der Waals surface area (Å²) >= 11 is 0. The van der Waals surface area contributed by atoms with Crippen molar-refractivity contribution in [3.63, 3.8) is 0 Å². The van der Waals surface area contributed by atoms with E-state index in [1.165, 1.54) is 4.90 Å². The van der Waals surface area contributed by atoms with Gasteiger partial charge in [-0.15, -0.1) is 0 Å².